The van der Waals surface area contributed by atoms with Crippen molar-refractivity contribution in [2.75, 3.05) is 6.26 Å². The predicted molar refractivity (Wildman–Crippen MR) is 71.2 cm³/mol. The van der Waals surface area contributed by atoms with E-state index in [9.17, 15) is 4.79 Å². The van der Waals surface area contributed by atoms with Crippen molar-refractivity contribution in [3.05, 3.63) is 29.3 Å². The summed E-state index contributed by atoms with van der Waals surface area (Å²) in [5, 5.41) is 0. The van der Waals surface area contributed by atoms with Gasteiger partial charge in [-0.2, -0.15) is 4.99 Å². The van der Waals surface area contributed by atoms with Gasteiger partial charge in [0.2, 0.25) is 6.08 Å². The van der Waals surface area contributed by atoms with E-state index in [0.717, 1.165) is 25.7 Å². The summed E-state index contributed by atoms with van der Waals surface area (Å²) >= 11 is 1.73. The first kappa shape index (κ1) is 12.4. The normalized spacial score (nSPS) is 17.8. The second kappa shape index (κ2) is 5.07. The first-order chi connectivity index (χ1) is 8.22. The number of carbonyl (C=O) groups excluding carboxylic acids is 1. The van der Waals surface area contributed by atoms with Crippen LogP contribution in [-0.2, 0) is 10.3 Å². The number of aliphatic imine (C=N–C) groups is 1. The van der Waals surface area contributed by atoms with Gasteiger partial charge in [0.15, 0.2) is 0 Å². The fraction of sp³-hybridized carbons (Fsp3) is 0.500. The zero-order valence-electron chi connectivity index (χ0n) is 10.3. The Morgan fingerprint density at radius 1 is 1.35 bits per heavy atom. The van der Waals surface area contributed by atoms with Gasteiger partial charge in [-0.3, -0.25) is 0 Å². The van der Waals surface area contributed by atoms with Crippen LogP contribution < -0.4 is 0 Å². The molecule has 90 valence electrons. The number of thioether (sulfide) groups is 1. The lowest BCUT2D eigenvalue weighted by Crippen LogP contribution is -2.20. The molecule has 1 saturated carbocycles. The highest BCUT2D eigenvalue weighted by Gasteiger charge is 2.37. The van der Waals surface area contributed by atoms with Gasteiger partial charge in [-0.25, -0.2) is 4.79 Å². The molecule has 1 fully saturated rings. The van der Waals surface area contributed by atoms with Gasteiger partial charge in [0.1, 0.15) is 0 Å². The van der Waals surface area contributed by atoms with Gasteiger partial charge in [-0.15, -0.1) is 11.8 Å². The molecule has 0 N–H and O–H groups in total. The van der Waals surface area contributed by atoms with Gasteiger partial charge in [-0.05, 0) is 43.2 Å². The maximum absolute atomic E-state index is 10.7. The fourth-order valence-corrected chi connectivity index (χ4v) is 3.45. The summed E-state index contributed by atoms with van der Waals surface area (Å²) in [6.07, 6.45) is 8.09. The third kappa shape index (κ3) is 2.31. The fourth-order valence-electron chi connectivity index (χ4n) is 2.67. The molecule has 0 unspecified atom stereocenters. The topological polar surface area (TPSA) is 29.4 Å². The highest BCUT2D eigenvalue weighted by molar-refractivity contribution is 7.98. The molecule has 0 aliphatic heterocycles. The SMILES string of the molecule is CSc1cc(C)ccc1C1(N=C=O)CCCC1. The van der Waals surface area contributed by atoms with E-state index in [1.807, 2.05) is 0 Å². The molecule has 1 aromatic carbocycles. The molecular formula is C14H17NOS. The highest BCUT2D eigenvalue weighted by Crippen LogP contribution is 2.45. The maximum Gasteiger partial charge on any atom is 0.235 e. The Morgan fingerprint density at radius 3 is 2.65 bits per heavy atom. The second-order valence-electron chi connectivity index (χ2n) is 4.65. The third-order valence-electron chi connectivity index (χ3n) is 3.55. The van der Waals surface area contributed by atoms with Crippen LogP contribution in [-0.4, -0.2) is 12.3 Å². The van der Waals surface area contributed by atoms with Crippen molar-refractivity contribution in [1.29, 1.82) is 0 Å². The zero-order valence-corrected chi connectivity index (χ0v) is 11.1. The van der Waals surface area contributed by atoms with E-state index >= 15 is 0 Å². The van der Waals surface area contributed by atoms with Crippen molar-refractivity contribution < 1.29 is 4.79 Å². The van der Waals surface area contributed by atoms with Crippen LogP contribution in [0.25, 0.3) is 0 Å². The van der Waals surface area contributed by atoms with Gasteiger partial charge in [0, 0.05) is 4.90 Å². The van der Waals surface area contributed by atoms with E-state index in [1.165, 1.54) is 16.0 Å². The van der Waals surface area contributed by atoms with Crippen LogP contribution >= 0.6 is 11.8 Å². The molecule has 0 radical (unpaired) electrons. The molecule has 0 saturated heterocycles. The molecule has 3 heteroatoms. The summed E-state index contributed by atoms with van der Waals surface area (Å²) in [7, 11) is 0. The summed E-state index contributed by atoms with van der Waals surface area (Å²) in [6, 6.07) is 6.42. The molecule has 0 aromatic heterocycles. The quantitative estimate of drug-likeness (QED) is 0.461. The Morgan fingerprint density at radius 2 is 2.06 bits per heavy atom. The summed E-state index contributed by atoms with van der Waals surface area (Å²) in [4.78, 5) is 16.1. The van der Waals surface area contributed by atoms with Crippen LogP contribution in [0.5, 0.6) is 0 Å². The van der Waals surface area contributed by atoms with Crippen LogP contribution in [0.4, 0.5) is 0 Å². The highest BCUT2D eigenvalue weighted by atomic mass is 32.2. The Kier molecular flexibility index (Phi) is 3.70. The average molecular weight is 247 g/mol. The van der Waals surface area contributed by atoms with Crippen molar-refractivity contribution >= 4 is 17.8 Å². The first-order valence-electron chi connectivity index (χ1n) is 5.96. The molecule has 0 amide bonds. The number of hydrogen-bond acceptors (Lipinski definition) is 3. The van der Waals surface area contributed by atoms with Crippen LogP contribution in [0.1, 0.15) is 36.8 Å². The van der Waals surface area contributed by atoms with E-state index in [4.69, 9.17) is 0 Å². The molecular weight excluding hydrogens is 230 g/mol. The van der Waals surface area contributed by atoms with Crippen molar-refractivity contribution in [2.24, 2.45) is 4.99 Å². The predicted octanol–water partition coefficient (Wildman–Crippen LogP) is 3.82. The molecule has 1 aromatic rings. The van der Waals surface area contributed by atoms with Gasteiger partial charge < -0.3 is 0 Å². The molecule has 1 aliphatic carbocycles. The largest absolute Gasteiger partial charge is 0.235 e. The van der Waals surface area contributed by atoms with E-state index in [0.29, 0.717) is 0 Å². The van der Waals surface area contributed by atoms with Crippen molar-refractivity contribution in [2.45, 2.75) is 43.0 Å². The first-order valence-corrected chi connectivity index (χ1v) is 7.18. The average Bonchev–Trinajstić information content (AvgIpc) is 2.79. The third-order valence-corrected chi connectivity index (χ3v) is 4.33. The van der Waals surface area contributed by atoms with Crippen LogP contribution in [0.3, 0.4) is 0 Å². The monoisotopic (exact) mass is 247 g/mol. The number of rotatable bonds is 3. The Hall–Kier alpha value is -1.05. The minimum atomic E-state index is -0.298. The molecule has 0 bridgehead atoms. The van der Waals surface area contributed by atoms with E-state index in [1.54, 1.807) is 17.8 Å². The lowest BCUT2D eigenvalue weighted by molar-refractivity contribution is 0.448. The van der Waals surface area contributed by atoms with Crippen molar-refractivity contribution in [3.8, 4) is 0 Å². The summed E-state index contributed by atoms with van der Waals surface area (Å²) in [5.41, 5.74) is 2.16. The van der Waals surface area contributed by atoms with Crippen LogP contribution in [0.2, 0.25) is 0 Å². The van der Waals surface area contributed by atoms with Gasteiger partial charge >= 0.3 is 0 Å². The lowest BCUT2D eigenvalue weighted by Gasteiger charge is -2.25. The van der Waals surface area contributed by atoms with Gasteiger partial charge in [0.25, 0.3) is 0 Å². The maximum atomic E-state index is 10.7. The zero-order chi connectivity index (χ0) is 12.3. The number of hydrogen-bond donors (Lipinski definition) is 0. The van der Waals surface area contributed by atoms with Crippen LogP contribution in [0.15, 0.2) is 28.1 Å². The van der Waals surface area contributed by atoms with Gasteiger partial charge in [0.05, 0.1) is 5.54 Å². The Labute approximate surface area is 107 Å². The van der Waals surface area contributed by atoms with Crippen molar-refractivity contribution in [1.82, 2.24) is 0 Å². The Balaban J connectivity index is 2.53. The number of isocyanates is 1. The molecule has 0 spiro atoms. The van der Waals surface area contributed by atoms with Crippen LogP contribution in [0, 0.1) is 6.92 Å². The number of nitrogens with zero attached hydrogens (tertiary/aromatic N) is 1. The lowest BCUT2D eigenvalue weighted by atomic mass is 9.88. The summed E-state index contributed by atoms with van der Waals surface area (Å²) < 4.78 is 0. The standard InChI is InChI=1S/C14H17NOS/c1-11-5-6-12(13(9-11)17-2)14(15-10-16)7-3-4-8-14/h5-6,9H,3-4,7-8H2,1-2H3. The molecule has 17 heavy (non-hydrogen) atoms. The molecule has 0 heterocycles. The van der Waals surface area contributed by atoms with E-state index in [-0.39, 0.29) is 5.54 Å². The van der Waals surface area contributed by atoms with E-state index < -0.39 is 0 Å². The molecule has 2 nitrogen and oxygen atoms in total. The van der Waals surface area contributed by atoms with Gasteiger partial charge in [-0.1, -0.05) is 25.0 Å². The molecule has 0 atom stereocenters. The number of benzene rings is 1. The minimum absolute atomic E-state index is 0.298. The minimum Gasteiger partial charge on any atom is -0.211 e. The number of aryl methyl sites for hydroxylation is 1. The van der Waals surface area contributed by atoms with Crippen molar-refractivity contribution in [3.63, 3.8) is 0 Å². The van der Waals surface area contributed by atoms with E-state index in [2.05, 4.69) is 36.4 Å². The smallest absolute Gasteiger partial charge is 0.211 e. The molecule has 1 aliphatic rings. The summed E-state index contributed by atoms with van der Waals surface area (Å²) in [5.74, 6) is 0. The molecule has 2 rings (SSSR count). The Bertz CT molecular complexity index is 457. The summed E-state index contributed by atoms with van der Waals surface area (Å²) in [6.45, 7) is 2.09. The second-order valence-corrected chi connectivity index (χ2v) is 5.49.